The molecule has 0 saturated carbocycles. The maximum Gasteiger partial charge on any atom is 0.310 e. The van der Waals surface area contributed by atoms with Gasteiger partial charge in [-0.2, -0.15) is 0 Å². The van der Waals surface area contributed by atoms with Gasteiger partial charge >= 0.3 is 5.97 Å². The van der Waals surface area contributed by atoms with Gasteiger partial charge in [0.15, 0.2) is 12.4 Å². The monoisotopic (exact) mass is 379 g/mol. The second kappa shape index (κ2) is 9.31. The molecule has 28 heavy (non-hydrogen) atoms. The topological polar surface area (TPSA) is 72.5 Å². The van der Waals surface area contributed by atoms with Gasteiger partial charge in [0.2, 0.25) is 0 Å². The van der Waals surface area contributed by atoms with Crippen molar-refractivity contribution in [1.82, 2.24) is 5.32 Å². The van der Waals surface area contributed by atoms with Gasteiger partial charge < -0.3 is 10.1 Å². The molecule has 1 aliphatic rings. The number of hydrogen-bond donors (Lipinski definition) is 1. The summed E-state index contributed by atoms with van der Waals surface area (Å²) in [7, 11) is 0. The fraction of sp³-hybridized carbons (Fsp3) is 0.348. The Bertz CT molecular complexity index is 860. The molecule has 2 aromatic carbocycles. The average molecular weight is 379 g/mol. The Labute approximate surface area is 165 Å². The van der Waals surface area contributed by atoms with E-state index in [1.165, 1.54) is 18.1 Å². The highest BCUT2D eigenvalue weighted by Crippen LogP contribution is 2.23. The zero-order valence-electron chi connectivity index (χ0n) is 16.1. The number of ketones is 1. The highest BCUT2D eigenvalue weighted by Gasteiger charge is 2.19. The Morgan fingerprint density at radius 1 is 1.00 bits per heavy atom. The van der Waals surface area contributed by atoms with Crippen LogP contribution in [-0.2, 0) is 44.8 Å². The predicted octanol–water partition coefficient (Wildman–Crippen LogP) is 2.58. The Morgan fingerprint density at radius 2 is 1.75 bits per heavy atom. The third-order valence-electron chi connectivity index (χ3n) is 4.98. The second-order valence-corrected chi connectivity index (χ2v) is 7.21. The van der Waals surface area contributed by atoms with Crippen LogP contribution in [-0.4, -0.2) is 30.3 Å². The molecule has 1 N–H and O–H groups in total. The third-order valence-corrected chi connectivity index (χ3v) is 4.98. The summed E-state index contributed by atoms with van der Waals surface area (Å²) < 4.78 is 5.10. The van der Waals surface area contributed by atoms with E-state index in [4.69, 9.17) is 4.74 Å². The zero-order chi connectivity index (χ0) is 19.9. The first-order valence-electron chi connectivity index (χ1n) is 9.61. The number of Topliss-reactive ketones (excluding diaryl/α,β-unsaturated/α-hetero) is 1. The van der Waals surface area contributed by atoms with Crippen LogP contribution in [0, 0.1) is 0 Å². The van der Waals surface area contributed by atoms with Gasteiger partial charge in [0.25, 0.3) is 5.91 Å². The highest BCUT2D eigenvalue weighted by molar-refractivity contribution is 5.89. The van der Waals surface area contributed by atoms with Crippen LogP contribution in [0.3, 0.4) is 0 Å². The van der Waals surface area contributed by atoms with Crippen molar-refractivity contribution in [1.29, 1.82) is 0 Å². The minimum absolute atomic E-state index is 0.137. The van der Waals surface area contributed by atoms with Gasteiger partial charge in [-0.25, -0.2) is 0 Å². The second-order valence-electron chi connectivity index (χ2n) is 7.21. The van der Waals surface area contributed by atoms with Gasteiger partial charge in [0.1, 0.15) is 0 Å². The van der Waals surface area contributed by atoms with E-state index in [-0.39, 0.29) is 18.8 Å². The number of benzene rings is 2. The molecule has 0 bridgehead atoms. The molecule has 3 rings (SSSR count). The summed E-state index contributed by atoms with van der Waals surface area (Å²) in [5.74, 6) is -1.06. The quantitative estimate of drug-likeness (QED) is 0.716. The predicted molar refractivity (Wildman–Crippen MR) is 106 cm³/mol. The molecule has 0 unspecified atom stereocenters. The lowest BCUT2D eigenvalue weighted by Crippen LogP contribution is -2.43. The molecule has 0 fully saturated rings. The fourth-order valence-electron chi connectivity index (χ4n) is 3.48. The summed E-state index contributed by atoms with van der Waals surface area (Å²) in [5, 5.41) is 2.65. The zero-order valence-corrected chi connectivity index (χ0v) is 16.1. The summed E-state index contributed by atoms with van der Waals surface area (Å²) in [5.41, 5.74) is 4.51. The van der Waals surface area contributed by atoms with Crippen LogP contribution in [0.5, 0.6) is 0 Å². The molecule has 5 nitrogen and oxygen atoms in total. The molecule has 1 aliphatic carbocycles. The molecule has 0 heterocycles. The number of carbonyl (C=O) groups excluding carboxylic acids is 3. The van der Waals surface area contributed by atoms with Crippen LogP contribution in [0.15, 0.2) is 48.5 Å². The molecule has 0 spiro atoms. The summed E-state index contributed by atoms with van der Waals surface area (Å²) in [6.45, 7) is 1.05. The summed E-state index contributed by atoms with van der Waals surface area (Å²) in [6.07, 6.45) is 3.85. The van der Waals surface area contributed by atoms with E-state index in [2.05, 4.69) is 17.4 Å². The van der Waals surface area contributed by atoms with Crippen LogP contribution < -0.4 is 5.32 Å². The SMILES string of the molecule is CC(=O)[C@H](Cc1ccccc1)NC(=O)COC(=O)Cc1ccc2c(c1)CCC2. The molecule has 5 heteroatoms. The number of esters is 1. The first-order valence-corrected chi connectivity index (χ1v) is 9.61. The largest absolute Gasteiger partial charge is 0.455 e. The molecule has 146 valence electrons. The van der Waals surface area contributed by atoms with E-state index in [1.54, 1.807) is 0 Å². The van der Waals surface area contributed by atoms with Crippen molar-refractivity contribution >= 4 is 17.7 Å². The molecule has 0 radical (unpaired) electrons. The van der Waals surface area contributed by atoms with E-state index >= 15 is 0 Å². The third kappa shape index (κ3) is 5.52. The van der Waals surface area contributed by atoms with Crippen molar-refractivity contribution in [3.05, 3.63) is 70.8 Å². The maximum atomic E-state index is 12.1. The van der Waals surface area contributed by atoms with Gasteiger partial charge in [0.05, 0.1) is 12.5 Å². The van der Waals surface area contributed by atoms with E-state index in [0.717, 1.165) is 30.4 Å². The normalized spacial score (nSPS) is 13.5. The average Bonchev–Trinajstić information content (AvgIpc) is 3.14. The summed E-state index contributed by atoms with van der Waals surface area (Å²) in [6, 6.07) is 14.9. The van der Waals surface area contributed by atoms with Crippen LogP contribution >= 0.6 is 0 Å². The number of ether oxygens (including phenoxy) is 1. The number of fused-ring (bicyclic) bond motifs is 1. The van der Waals surface area contributed by atoms with Crippen molar-refractivity contribution in [3.8, 4) is 0 Å². The van der Waals surface area contributed by atoms with Crippen molar-refractivity contribution < 1.29 is 19.1 Å². The van der Waals surface area contributed by atoms with Crippen LogP contribution in [0.2, 0.25) is 0 Å². The Morgan fingerprint density at radius 3 is 2.50 bits per heavy atom. The lowest BCUT2D eigenvalue weighted by molar-refractivity contribution is -0.148. The van der Waals surface area contributed by atoms with Gasteiger partial charge in [-0.05, 0) is 54.9 Å². The minimum Gasteiger partial charge on any atom is -0.455 e. The molecular weight excluding hydrogens is 354 g/mol. The molecule has 0 aliphatic heterocycles. The van der Waals surface area contributed by atoms with Gasteiger partial charge in [0, 0.05) is 0 Å². The smallest absolute Gasteiger partial charge is 0.310 e. The number of aryl methyl sites for hydroxylation is 2. The molecule has 1 amide bonds. The highest BCUT2D eigenvalue weighted by atomic mass is 16.5. The summed E-state index contributed by atoms with van der Waals surface area (Å²) >= 11 is 0. The Balaban J connectivity index is 1.47. The van der Waals surface area contributed by atoms with Gasteiger partial charge in [-0.15, -0.1) is 0 Å². The lowest BCUT2D eigenvalue weighted by atomic mass is 10.0. The number of rotatable bonds is 8. The molecule has 0 saturated heterocycles. The first kappa shape index (κ1) is 19.8. The van der Waals surface area contributed by atoms with Crippen molar-refractivity contribution in [2.75, 3.05) is 6.61 Å². The Kier molecular flexibility index (Phi) is 6.58. The van der Waals surface area contributed by atoms with Crippen molar-refractivity contribution in [2.24, 2.45) is 0 Å². The maximum absolute atomic E-state index is 12.1. The van der Waals surface area contributed by atoms with Crippen LogP contribution in [0.1, 0.15) is 35.6 Å². The Hall–Kier alpha value is -2.95. The number of nitrogens with one attached hydrogen (secondary N) is 1. The number of hydrogen-bond acceptors (Lipinski definition) is 4. The minimum atomic E-state index is -0.634. The first-order chi connectivity index (χ1) is 13.5. The number of amides is 1. The lowest BCUT2D eigenvalue weighted by Gasteiger charge is -2.16. The van der Waals surface area contributed by atoms with E-state index in [0.29, 0.717) is 6.42 Å². The molecule has 0 aromatic heterocycles. The van der Waals surface area contributed by atoms with Gasteiger partial charge in [-0.3, -0.25) is 14.4 Å². The summed E-state index contributed by atoms with van der Waals surface area (Å²) in [4.78, 5) is 36.0. The van der Waals surface area contributed by atoms with Crippen molar-refractivity contribution in [3.63, 3.8) is 0 Å². The van der Waals surface area contributed by atoms with E-state index < -0.39 is 17.9 Å². The fourth-order valence-corrected chi connectivity index (χ4v) is 3.48. The van der Waals surface area contributed by atoms with Crippen LogP contribution in [0.4, 0.5) is 0 Å². The molecule has 1 atom stereocenters. The van der Waals surface area contributed by atoms with E-state index in [9.17, 15) is 14.4 Å². The number of carbonyl (C=O) groups is 3. The van der Waals surface area contributed by atoms with Crippen molar-refractivity contribution in [2.45, 2.75) is 45.1 Å². The molecule has 2 aromatic rings. The standard InChI is InChI=1S/C23H25NO4/c1-16(25)21(13-17-6-3-2-4-7-17)24-22(26)15-28-23(27)14-18-10-11-19-8-5-9-20(19)12-18/h2-4,6-7,10-12,21H,5,8-9,13-15H2,1H3,(H,24,26)/t21-/m0/s1. The van der Waals surface area contributed by atoms with Gasteiger partial charge in [-0.1, -0.05) is 48.5 Å². The van der Waals surface area contributed by atoms with Crippen LogP contribution in [0.25, 0.3) is 0 Å². The molecular formula is C23H25NO4. The van der Waals surface area contributed by atoms with E-state index in [1.807, 2.05) is 36.4 Å².